The van der Waals surface area contributed by atoms with E-state index in [9.17, 15) is 26.1 Å². The van der Waals surface area contributed by atoms with E-state index in [1.165, 1.54) is 0 Å². The third-order valence-electron chi connectivity index (χ3n) is 5.07. The van der Waals surface area contributed by atoms with E-state index < -0.39 is 39.4 Å². The van der Waals surface area contributed by atoms with Gasteiger partial charge in [-0.25, -0.2) is 0 Å². The summed E-state index contributed by atoms with van der Waals surface area (Å²) in [6, 6.07) is 9.12. The molecule has 0 radical (unpaired) electrons. The standard InChI is InChI=1S/C15H18F3NO3S/c16-15(17,18)14-7-6-12(13(14)23(20,21)22)9-19(10-14)8-11-4-2-1-3-5-11/h1-5,12-13H,6-10H2,(H,20,21,22). The van der Waals surface area contributed by atoms with Gasteiger partial charge in [0.2, 0.25) is 0 Å². The average molecular weight is 349 g/mol. The summed E-state index contributed by atoms with van der Waals surface area (Å²) in [5, 5.41) is -1.75. The number of alkyl halides is 3. The maximum atomic E-state index is 13.7. The van der Waals surface area contributed by atoms with Crippen LogP contribution in [0.5, 0.6) is 0 Å². The summed E-state index contributed by atoms with van der Waals surface area (Å²) in [5.74, 6) is -0.691. The Bertz CT molecular complexity index is 677. The van der Waals surface area contributed by atoms with Crippen LogP contribution in [0.15, 0.2) is 30.3 Å². The smallest absolute Gasteiger partial charge is 0.298 e. The van der Waals surface area contributed by atoms with E-state index in [1.807, 2.05) is 30.3 Å². The fraction of sp³-hybridized carbons (Fsp3) is 0.600. The van der Waals surface area contributed by atoms with Crippen LogP contribution in [0, 0.1) is 11.3 Å². The summed E-state index contributed by atoms with van der Waals surface area (Å²) in [4.78, 5) is 1.65. The number of likely N-dealkylation sites (tertiary alicyclic amines) is 1. The molecule has 1 heterocycles. The highest BCUT2D eigenvalue weighted by Crippen LogP contribution is 2.58. The highest BCUT2D eigenvalue weighted by molar-refractivity contribution is 7.86. The summed E-state index contributed by atoms with van der Waals surface area (Å²) in [6.45, 7) is 0.191. The van der Waals surface area contributed by atoms with E-state index in [2.05, 4.69) is 0 Å². The number of benzene rings is 1. The van der Waals surface area contributed by atoms with Crippen molar-refractivity contribution in [3.8, 4) is 0 Å². The van der Waals surface area contributed by atoms with Gasteiger partial charge in [-0.2, -0.15) is 21.6 Å². The Kier molecular flexibility index (Phi) is 3.97. The van der Waals surface area contributed by atoms with E-state index in [-0.39, 0.29) is 19.4 Å². The van der Waals surface area contributed by atoms with Crippen LogP contribution in [0.2, 0.25) is 0 Å². The van der Waals surface area contributed by atoms with Crippen LogP contribution in [0.25, 0.3) is 0 Å². The normalized spacial score (nSPS) is 32.2. The Balaban J connectivity index is 1.92. The monoisotopic (exact) mass is 349 g/mol. The highest BCUT2D eigenvalue weighted by atomic mass is 32.2. The Morgan fingerprint density at radius 3 is 2.48 bits per heavy atom. The molecule has 0 amide bonds. The molecule has 1 aromatic carbocycles. The molecule has 128 valence electrons. The summed E-state index contributed by atoms with van der Waals surface area (Å²) in [6.07, 6.45) is -4.76. The molecule has 2 aliphatic rings. The van der Waals surface area contributed by atoms with Crippen molar-refractivity contribution in [2.75, 3.05) is 13.1 Å². The first kappa shape index (κ1) is 16.7. The lowest BCUT2D eigenvalue weighted by Crippen LogP contribution is -2.60. The third-order valence-corrected chi connectivity index (χ3v) is 6.54. The molecule has 23 heavy (non-hydrogen) atoms. The maximum Gasteiger partial charge on any atom is 0.397 e. The van der Waals surface area contributed by atoms with Crippen molar-refractivity contribution in [3.63, 3.8) is 0 Å². The second-order valence-corrected chi connectivity index (χ2v) is 8.08. The molecule has 1 aromatic rings. The topological polar surface area (TPSA) is 57.6 Å². The number of halogens is 3. The van der Waals surface area contributed by atoms with Crippen molar-refractivity contribution in [3.05, 3.63) is 35.9 Å². The predicted octanol–water partition coefficient (Wildman–Crippen LogP) is 2.72. The third kappa shape index (κ3) is 2.88. The number of rotatable bonds is 3. The summed E-state index contributed by atoms with van der Waals surface area (Å²) in [7, 11) is -4.75. The Morgan fingerprint density at radius 1 is 1.26 bits per heavy atom. The van der Waals surface area contributed by atoms with Gasteiger partial charge in [-0.1, -0.05) is 30.3 Å². The van der Waals surface area contributed by atoms with Crippen molar-refractivity contribution in [1.29, 1.82) is 0 Å². The molecule has 1 N–H and O–H groups in total. The molecule has 8 heteroatoms. The highest BCUT2D eigenvalue weighted by Gasteiger charge is 2.70. The summed E-state index contributed by atoms with van der Waals surface area (Å²) in [5.41, 5.74) is -1.49. The lowest BCUT2D eigenvalue weighted by atomic mass is 9.80. The van der Waals surface area contributed by atoms with Gasteiger partial charge in [-0.15, -0.1) is 0 Å². The van der Waals surface area contributed by atoms with Crippen LogP contribution >= 0.6 is 0 Å². The lowest BCUT2D eigenvalue weighted by molar-refractivity contribution is -0.233. The number of hydrogen-bond donors (Lipinski definition) is 1. The van der Waals surface area contributed by atoms with Gasteiger partial charge in [0.05, 0.1) is 5.41 Å². The quantitative estimate of drug-likeness (QED) is 0.853. The molecular formula is C15H18F3NO3S. The van der Waals surface area contributed by atoms with E-state index in [4.69, 9.17) is 0 Å². The maximum absolute atomic E-state index is 13.7. The molecule has 1 saturated carbocycles. The van der Waals surface area contributed by atoms with Crippen molar-refractivity contribution < 1.29 is 26.1 Å². The fourth-order valence-corrected chi connectivity index (χ4v) is 5.83. The van der Waals surface area contributed by atoms with Gasteiger partial charge in [0.25, 0.3) is 10.1 Å². The van der Waals surface area contributed by atoms with E-state index >= 15 is 0 Å². The molecule has 0 aromatic heterocycles. The first-order chi connectivity index (χ1) is 10.6. The molecule has 3 rings (SSSR count). The Morgan fingerprint density at radius 2 is 1.91 bits per heavy atom. The predicted molar refractivity (Wildman–Crippen MR) is 78.3 cm³/mol. The average Bonchev–Trinajstić information content (AvgIpc) is 2.70. The first-order valence-corrected chi connectivity index (χ1v) is 8.93. The van der Waals surface area contributed by atoms with Crippen LogP contribution in [0.3, 0.4) is 0 Å². The van der Waals surface area contributed by atoms with Gasteiger partial charge in [-0.3, -0.25) is 9.45 Å². The minimum Gasteiger partial charge on any atom is -0.298 e. The SMILES string of the molecule is O=S(=O)(O)C1C2CCC1(C(F)(F)F)CN(Cc1ccccc1)C2. The second kappa shape index (κ2) is 5.46. The zero-order valence-corrected chi connectivity index (χ0v) is 13.1. The fourth-order valence-electron chi connectivity index (χ4n) is 4.22. The molecule has 0 spiro atoms. The number of nitrogens with zero attached hydrogens (tertiary/aromatic N) is 1. The van der Waals surface area contributed by atoms with E-state index in [1.54, 1.807) is 4.90 Å². The Hall–Kier alpha value is -1.12. The van der Waals surface area contributed by atoms with Gasteiger partial charge in [0.1, 0.15) is 5.25 Å². The van der Waals surface area contributed by atoms with Crippen molar-refractivity contribution in [1.82, 2.24) is 4.90 Å². The van der Waals surface area contributed by atoms with Gasteiger partial charge < -0.3 is 0 Å². The molecule has 1 aliphatic heterocycles. The van der Waals surface area contributed by atoms with Crippen LogP contribution in [0.4, 0.5) is 13.2 Å². The lowest BCUT2D eigenvalue weighted by Gasteiger charge is -2.45. The molecule has 2 bridgehead atoms. The number of piperidine rings is 1. The molecule has 2 fully saturated rings. The van der Waals surface area contributed by atoms with E-state index in [0.29, 0.717) is 6.54 Å². The van der Waals surface area contributed by atoms with Crippen LogP contribution in [-0.2, 0) is 16.7 Å². The minimum absolute atomic E-state index is 0.162. The molecule has 1 saturated heterocycles. The minimum atomic E-state index is -4.75. The molecular weight excluding hydrogens is 331 g/mol. The molecule has 3 unspecified atom stereocenters. The van der Waals surface area contributed by atoms with Gasteiger partial charge in [0, 0.05) is 19.6 Å². The number of hydrogen-bond acceptors (Lipinski definition) is 3. The Labute approximate surface area is 133 Å². The second-order valence-electron chi connectivity index (χ2n) is 6.54. The largest absolute Gasteiger partial charge is 0.397 e. The molecule has 1 aliphatic carbocycles. The number of fused-ring (bicyclic) bond motifs is 2. The summed E-state index contributed by atoms with van der Waals surface area (Å²) < 4.78 is 73.7. The summed E-state index contributed by atoms with van der Waals surface area (Å²) >= 11 is 0. The van der Waals surface area contributed by atoms with Crippen molar-refractivity contribution in [2.45, 2.75) is 30.8 Å². The van der Waals surface area contributed by atoms with Crippen LogP contribution in [-0.4, -0.2) is 42.4 Å². The van der Waals surface area contributed by atoms with Gasteiger partial charge in [0.15, 0.2) is 0 Å². The van der Waals surface area contributed by atoms with Gasteiger partial charge in [-0.05, 0) is 24.3 Å². The zero-order valence-electron chi connectivity index (χ0n) is 12.3. The zero-order chi connectivity index (χ0) is 16.9. The molecule has 3 atom stereocenters. The van der Waals surface area contributed by atoms with Gasteiger partial charge >= 0.3 is 6.18 Å². The molecule has 4 nitrogen and oxygen atoms in total. The van der Waals surface area contributed by atoms with Crippen molar-refractivity contribution >= 4 is 10.1 Å². The van der Waals surface area contributed by atoms with Crippen LogP contribution < -0.4 is 0 Å². The van der Waals surface area contributed by atoms with Crippen LogP contribution in [0.1, 0.15) is 18.4 Å². The van der Waals surface area contributed by atoms with E-state index in [0.717, 1.165) is 5.56 Å². The first-order valence-electron chi connectivity index (χ1n) is 7.43. The van der Waals surface area contributed by atoms with Crippen molar-refractivity contribution in [2.24, 2.45) is 11.3 Å².